The zero-order valence-electron chi connectivity index (χ0n) is 11.6. The maximum Gasteiger partial charge on any atom is 0.0702 e. The smallest absolute Gasteiger partial charge is 0.0702 e. The molecule has 0 heterocycles. The molecule has 0 unspecified atom stereocenters. The van der Waals surface area contributed by atoms with Crippen molar-refractivity contribution in [2.24, 2.45) is 0 Å². The highest BCUT2D eigenvalue weighted by atomic mass is 16.3. The quantitative estimate of drug-likeness (QED) is 0.900. The van der Waals surface area contributed by atoms with Gasteiger partial charge in [-0.25, -0.2) is 0 Å². The van der Waals surface area contributed by atoms with Crippen LogP contribution in [0, 0.1) is 18.3 Å². The summed E-state index contributed by atoms with van der Waals surface area (Å²) < 4.78 is 0. The largest absolute Gasteiger partial charge is 0.392 e. The zero-order valence-corrected chi connectivity index (χ0v) is 11.6. The van der Waals surface area contributed by atoms with Crippen molar-refractivity contribution in [1.82, 2.24) is 0 Å². The molecule has 0 fully saturated rings. The highest BCUT2D eigenvalue weighted by Gasteiger charge is 2.12. The Morgan fingerprint density at radius 2 is 1.90 bits per heavy atom. The summed E-state index contributed by atoms with van der Waals surface area (Å²) in [5.41, 5.74) is 3.98. The van der Waals surface area contributed by atoms with Gasteiger partial charge in [0.2, 0.25) is 0 Å². The van der Waals surface area contributed by atoms with Crippen LogP contribution < -0.4 is 4.90 Å². The van der Waals surface area contributed by atoms with Gasteiger partial charge >= 0.3 is 0 Å². The van der Waals surface area contributed by atoms with Crippen molar-refractivity contribution < 1.29 is 5.11 Å². The molecule has 0 amide bonds. The molecule has 3 nitrogen and oxygen atoms in total. The third-order valence-electron chi connectivity index (χ3n) is 3.21. The lowest BCUT2D eigenvalue weighted by Crippen LogP contribution is -2.19. The molecule has 0 saturated carbocycles. The molecule has 2 aromatic rings. The molecule has 3 heteroatoms. The Morgan fingerprint density at radius 1 is 1.15 bits per heavy atom. The second-order valence-corrected chi connectivity index (χ2v) is 4.69. The van der Waals surface area contributed by atoms with Crippen LogP contribution in [-0.2, 0) is 6.61 Å². The highest BCUT2D eigenvalue weighted by Crippen LogP contribution is 2.29. The predicted octanol–water partition coefficient (Wildman–Crippen LogP) is 3.54. The van der Waals surface area contributed by atoms with Crippen LogP contribution in [0.2, 0.25) is 0 Å². The first-order chi connectivity index (χ1) is 9.76. The maximum absolute atomic E-state index is 9.57. The molecule has 0 aliphatic heterocycles. The van der Waals surface area contributed by atoms with Gasteiger partial charge in [-0.05, 0) is 25.1 Å². The predicted molar refractivity (Wildman–Crippen MR) is 80.8 cm³/mol. The monoisotopic (exact) mass is 266 g/mol. The van der Waals surface area contributed by atoms with E-state index in [0.717, 1.165) is 22.5 Å². The minimum absolute atomic E-state index is 0.00704. The molecule has 0 spiro atoms. The molecule has 20 heavy (non-hydrogen) atoms. The number of aryl methyl sites for hydroxylation is 1. The van der Waals surface area contributed by atoms with E-state index in [2.05, 4.69) is 11.0 Å². The van der Waals surface area contributed by atoms with Crippen LogP contribution in [0.4, 0.5) is 11.4 Å². The lowest BCUT2D eigenvalue weighted by atomic mass is 10.1. The third-order valence-corrected chi connectivity index (χ3v) is 3.21. The van der Waals surface area contributed by atoms with Crippen LogP contribution >= 0.6 is 0 Å². The number of aliphatic hydroxyl groups excluding tert-OH is 1. The number of benzene rings is 2. The summed E-state index contributed by atoms with van der Waals surface area (Å²) >= 11 is 0. The number of anilines is 2. The van der Waals surface area contributed by atoms with Crippen LogP contribution in [0.1, 0.15) is 17.5 Å². The van der Waals surface area contributed by atoms with Crippen molar-refractivity contribution in [3.05, 3.63) is 59.7 Å². The van der Waals surface area contributed by atoms with Crippen LogP contribution in [-0.4, -0.2) is 11.7 Å². The van der Waals surface area contributed by atoms with Crippen molar-refractivity contribution in [2.75, 3.05) is 11.4 Å². The molecule has 0 bridgehead atoms. The Bertz CT molecular complexity index is 602. The number of rotatable bonds is 5. The van der Waals surface area contributed by atoms with Gasteiger partial charge in [0, 0.05) is 23.5 Å². The Hall–Kier alpha value is -2.31. The van der Waals surface area contributed by atoms with Crippen molar-refractivity contribution in [2.45, 2.75) is 20.0 Å². The second kappa shape index (κ2) is 6.74. The third kappa shape index (κ3) is 3.17. The molecule has 0 aliphatic rings. The minimum atomic E-state index is -0.00704. The molecule has 1 N–H and O–H groups in total. The Labute approximate surface area is 119 Å². The maximum atomic E-state index is 9.57. The van der Waals surface area contributed by atoms with E-state index in [-0.39, 0.29) is 6.61 Å². The zero-order chi connectivity index (χ0) is 14.4. The summed E-state index contributed by atoms with van der Waals surface area (Å²) in [6.45, 7) is 2.61. The van der Waals surface area contributed by atoms with Crippen molar-refractivity contribution >= 4 is 11.4 Å². The normalized spacial score (nSPS) is 10.1. The molecule has 0 aliphatic carbocycles. The van der Waals surface area contributed by atoms with E-state index >= 15 is 0 Å². The van der Waals surface area contributed by atoms with Gasteiger partial charge in [-0.1, -0.05) is 35.9 Å². The van der Waals surface area contributed by atoms with Crippen molar-refractivity contribution in [3.63, 3.8) is 0 Å². The number of hydrogen-bond donors (Lipinski definition) is 1. The van der Waals surface area contributed by atoms with Gasteiger partial charge in [0.25, 0.3) is 0 Å². The van der Waals surface area contributed by atoms with E-state index in [4.69, 9.17) is 5.26 Å². The molecule has 2 rings (SSSR count). The van der Waals surface area contributed by atoms with Gasteiger partial charge in [-0.15, -0.1) is 0 Å². The van der Waals surface area contributed by atoms with Gasteiger partial charge in [0.15, 0.2) is 0 Å². The van der Waals surface area contributed by atoms with Gasteiger partial charge in [-0.3, -0.25) is 0 Å². The number of para-hydroxylation sites is 1. The summed E-state index contributed by atoms with van der Waals surface area (Å²) in [5.74, 6) is 0. The first kappa shape index (κ1) is 14.1. The average Bonchev–Trinajstić information content (AvgIpc) is 2.49. The van der Waals surface area contributed by atoms with E-state index in [1.807, 2.05) is 55.5 Å². The summed E-state index contributed by atoms with van der Waals surface area (Å²) in [6, 6.07) is 18.1. The number of aliphatic hydroxyl groups is 1. The van der Waals surface area contributed by atoms with Gasteiger partial charge in [0.05, 0.1) is 19.1 Å². The SMILES string of the molecule is Cc1ccc(N(CCC#N)c2ccccc2)c(CO)c1. The Kier molecular flexibility index (Phi) is 4.75. The molecular weight excluding hydrogens is 248 g/mol. The molecule has 0 atom stereocenters. The van der Waals surface area contributed by atoms with E-state index in [1.165, 1.54) is 0 Å². The van der Waals surface area contributed by atoms with Crippen LogP contribution in [0.15, 0.2) is 48.5 Å². The minimum Gasteiger partial charge on any atom is -0.392 e. The lowest BCUT2D eigenvalue weighted by Gasteiger charge is -2.26. The van der Waals surface area contributed by atoms with Crippen LogP contribution in [0.25, 0.3) is 0 Å². The summed E-state index contributed by atoms with van der Waals surface area (Å²) in [6.07, 6.45) is 0.438. The van der Waals surface area contributed by atoms with Crippen LogP contribution in [0.5, 0.6) is 0 Å². The highest BCUT2D eigenvalue weighted by molar-refractivity contribution is 5.66. The molecule has 0 saturated heterocycles. The number of nitrogens with zero attached hydrogens (tertiary/aromatic N) is 2. The van der Waals surface area contributed by atoms with E-state index in [9.17, 15) is 5.11 Å². The fraction of sp³-hybridized carbons (Fsp3) is 0.235. The number of nitriles is 1. The Morgan fingerprint density at radius 3 is 2.55 bits per heavy atom. The first-order valence-corrected chi connectivity index (χ1v) is 6.66. The van der Waals surface area contributed by atoms with E-state index < -0.39 is 0 Å². The fourth-order valence-electron chi connectivity index (χ4n) is 2.26. The lowest BCUT2D eigenvalue weighted by molar-refractivity contribution is 0.282. The topological polar surface area (TPSA) is 47.3 Å². The molecule has 102 valence electrons. The average molecular weight is 266 g/mol. The second-order valence-electron chi connectivity index (χ2n) is 4.69. The summed E-state index contributed by atoms with van der Waals surface area (Å²) in [7, 11) is 0. The van der Waals surface area contributed by atoms with Gasteiger partial charge in [-0.2, -0.15) is 5.26 Å². The molecule has 0 radical (unpaired) electrons. The standard InChI is InChI=1S/C17H18N2O/c1-14-8-9-17(15(12-14)13-20)19(11-5-10-18)16-6-3-2-4-7-16/h2-4,6-9,12,20H,5,11,13H2,1H3. The summed E-state index contributed by atoms with van der Waals surface area (Å²) in [4.78, 5) is 2.08. The van der Waals surface area contributed by atoms with Crippen LogP contribution in [0.3, 0.4) is 0 Å². The van der Waals surface area contributed by atoms with E-state index in [0.29, 0.717) is 13.0 Å². The molecule has 2 aromatic carbocycles. The fourth-order valence-corrected chi connectivity index (χ4v) is 2.26. The van der Waals surface area contributed by atoms with Crippen molar-refractivity contribution in [3.8, 4) is 6.07 Å². The van der Waals surface area contributed by atoms with Gasteiger partial charge < -0.3 is 10.0 Å². The Balaban J connectivity index is 2.44. The molecule has 0 aromatic heterocycles. The van der Waals surface area contributed by atoms with Crippen molar-refractivity contribution in [1.29, 1.82) is 5.26 Å². The van der Waals surface area contributed by atoms with E-state index in [1.54, 1.807) is 0 Å². The van der Waals surface area contributed by atoms with Gasteiger partial charge in [0.1, 0.15) is 0 Å². The summed E-state index contributed by atoms with van der Waals surface area (Å²) in [5, 5.41) is 18.4. The first-order valence-electron chi connectivity index (χ1n) is 6.66. The molecular formula is C17H18N2O. The number of hydrogen-bond acceptors (Lipinski definition) is 3.